The largest absolute Gasteiger partial charge is 0.383 e. The molecule has 0 atom stereocenters. The molecule has 3 N–H and O–H groups in total. The summed E-state index contributed by atoms with van der Waals surface area (Å²) < 4.78 is 31.8. The summed E-state index contributed by atoms with van der Waals surface area (Å²) in [6, 6.07) is 6.59. The van der Waals surface area contributed by atoms with E-state index in [1.54, 1.807) is 12.1 Å². The fraction of sp³-hybridized carbons (Fsp3) is 0.632. The molecule has 0 radical (unpaired) electrons. The topological polar surface area (TPSA) is 96.5 Å². The van der Waals surface area contributed by atoms with Crippen molar-refractivity contribution in [1.82, 2.24) is 15.4 Å². The maximum absolute atomic E-state index is 12.3. The molecule has 1 aliphatic carbocycles. The summed E-state index contributed by atoms with van der Waals surface area (Å²) in [7, 11) is -2.15. The molecule has 152 valence electrons. The van der Waals surface area contributed by atoms with Crippen LogP contribution in [0.1, 0.15) is 48.9 Å². The van der Waals surface area contributed by atoms with Gasteiger partial charge in [-0.05, 0) is 31.0 Å². The van der Waals surface area contributed by atoms with Crippen LogP contribution in [-0.4, -0.2) is 53.7 Å². The van der Waals surface area contributed by atoms with E-state index in [9.17, 15) is 13.2 Å². The van der Waals surface area contributed by atoms with Crippen LogP contribution in [0, 0.1) is 0 Å². The van der Waals surface area contributed by atoms with Crippen molar-refractivity contribution in [3.8, 4) is 0 Å². The number of ether oxygens (including phenoxy) is 1. The molecule has 1 aromatic carbocycles. The SMILES string of the molecule is COCCNS(=O)(=O)c1cccc(C(=O)NCCNC2CCCCCC2)c1. The Bertz CT molecular complexity index is 686. The van der Waals surface area contributed by atoms with Crippen LogP contribution >= 0.6 is 0 Å². The van der Waals surface area contributed by atoms with Crippen molar-refractivity contribution in [2.75, 3.05) is 33.4 Å². The molecule has 0 saturated heterocycles. The van der Waals surface area contributed by atoms with E-state index in [4.69, 9.17) is 4.74 Å². The molecule has 0 aliphatic heterocycles. The Morgan fingerprint density at radius 1 is 1.11 bits per heavy atom. The molecule has 1 aliphatic rings. The minimum absolute atomic E-state index is 0.0721. The van der Waals surface area contributed by atoms with Gasteiger partial charge in [0.05, 0.1) is 11.5 Å². The normalized spacial score (nSPS) is 16.0. The molecule has 2 rings (SSSR count). The number of methoxy groups -OCH3 is 1. The van der Waals surface area contributed by atoms with E-state index in [1.165, 1.54) is 57.8 Å². The molecule has 1 fully saturated rings. The van der Waals surface area contributed by atoms with Crippen LogP contribution in [0.2, 0.25) is 0 Å². The van der Waals surface area contributed by atoms with Gasteiger partial charge < -0.3 is 15.4 Å². The zero-order valence-corrected chi connectivity index (χ0v) is 16.8. The molecule has 1 amide bonds. The lowest BCUT2D eigenvalue weighted by atomic mass is 10.1. The number of hydrogen-bond donors (Lipinski definition) is 3. The summed E-state index contributed by atoms with van der Waals surface area (Å²) in [6.07, 6.45) is 7.56. The molecule has 8 heteroatoms. The summed E-state index contributed by atoms with van der Waals surface area (Å²) in [4.78, 5) is 12.4. The summed E-state index contributed by atoms with van der Waals surface area (Å²) in [5.74, 6) is -0.272. The van der Waals surface area contributed by atoms with Crippen LogP contribution in [0.4, 0.5) is 0 Å². The van der Waals surface area contributed by atoms with Gasteiger partial charge in [0.2, 0.25) is 10.0 Å². The van der Waals surface area contributed by atoms with E-state index in [0.29, 0.717) is 24.7 Å². The highest BCUT2D eigenvalue weighted by Gasteiger charge is 2.16. The smallest absolute Gasteiger partial charge is 0.251 e. The average Bonchev–Trinajstić information content (AvgIpc) is 2.94. The number of carbonyl (C=O) groups is 1. The standard InChI is InChI=1S/C19H31N3O4S/c1-26-14-13-22-27(24,25)18-10-6-7-16(15-18)19(23)21-12-11-20-17-8-4-2-3-5-9-17/h6-7,10,15,17,20,22H,2-5,8-9,11-14H2,1H3,(H,21,23). The summed E-state index contributed by atoms with van der Waals surface area (Å²) in [5, 5.41) is 6.35. The quantitative estimate of drug-likeness (QED) is 0.412. The van der Waals surface area contributed by atoms with Gasteiger partial charge in [0, 0.05) is 38.3 Å². The van der Waals surface area contributed by atoms with Crippen LogP contribution in [0.5, 0.6) is 0 Å². The predicted molar refractivity (Wildman–Crippen MR) is 105 cm³/mol. The average molecular weight is 398 g/mol. The lowest BCUT2D eigenvalue weighted by molar-refractivity contribution is 0.0953. The third-order valence-electron chi connectivity index (χ3n) is 4.70. The van der Waals surface area contributed by atoms with Crippen molar-refractivity contribution in [2.45, 2.75) is 49.5 Å². The lowest BCUT2D eigenvalue weighted by Gasteiger charge is -2.16. The number of rotatable bonds is 10. The second-order valence-corrected chi connectivity index (χ2v) is 8.58. The predicted octanol–water partition coefficient (Wildman–Crippen LogP) is 1.65. The van der Waals surface area contributed by atoms with Crippen LogP contribution in [0.25, 0.3) is 0 Å². The first-order chi connectivity index (χ1) is 13.0. The Labute approximate surface area is 162 Å². The summed E-state index contributed by atoms with van der Waals surface area (Å²) >= 11 is 0. The number of carbonyl (C=O) groups excluding carboxylic acids is 1. The monoisotopic (exact) mass is 397 g/mol. The van der Waals surface area contributed by atoms with Crippen LogP contribution in [0.15, 0.2) is 29.2 Å². The number of nitrogens with one attached hydrogen (secondary N) is 3. The Morgan fingerprint density at radius 2 is 1.85 bits per heavy atom. The molecular formula is C19H31N3O4S. The van der Waals surface area contributed by atoms with Gasteiger partial charge in [-0.3, -0.25) is 4.79 Å². The van der Waals surface area contributed by atoms with Crippen LogP contribution in [0.3, 0.4) is 0 Å². The van der Waals surface area contributed by atoms with Gasteiger partial charge in [0.1, 0.15) is 0 Å². The Hall–Kier alpha value is -1.48. The fourth-order valence-electron chi connectivity index (χ4n) is 3.20. The molecule has 27 heavy (non-hydrogen) atoms. The maximum atomic E-state index is 12.3. The molecule has 0 bridgehead atoms. The number of amides is 1. The third-order valence-corrected chi connectivity index (χ3v) is 6.16. The second kappa shape index (κ2) is 11.4. The highest BCUT2D eigenvalue weighted by molar-refractivity contribution is 7.89. The van der Waals surface area contributed by atoms with Crippen molar-refractivity contribution in [3.05, 3.63) is 29.8 Å². The summed E-state index contributed by atoms with van der Waals surface area (Å²) in [6.45, 7) is 1.70. The van der Waals surface area contributed by atoms with Gasteiger partial charge in [-0.2, -0.15) is 0 Å². The second-order valence-electron chi connectivity index (χ2n) is 6.82. The Kier molecular flexibility index (Phi) is 9.20. The first kappa shape index (κ1) is 21.8. The number of sulfonamides is 1. The van der Waals surface area contributed by atoms with E-state index >= 15 is 0 Å². The number of benzene rings is 1. The van der Waals surface area contributed by atoms with Gasteiger partial charge >= 0.3 is 0 Å². The third kappa shape index (κ3) is 7.57. The molecule has 0 heterocycles. The van der Waals surface area contributed by atoms with E-state index < -0.39 is 10.0 Å². The van der Waals surface area contributed by atoms with Crippen LogP contribution < -0.4 is 15.4 Å². The highest BCUT2D eigenvalue weighted by atomic mass is 32.2. The van der Waals surface area contributed by atoms with Gasteiger partial charge in [0.15, 0.2) is 0 Å². The van der Waals surface area contributed by atoms with Crippen molar-refractivity contribution in [1.29, 1.82) is 0 Å². The van der Waals surface area contributed by atoms with E-state index in [-0.39, 0.29) is 24.0 Å². The zero-order valence-electron chi connectivity index (χ0n) is 16.0. The fourth-order valence-corrected chi connectivity index (χ4v) is 4.26. The molecule has 0 spiro atoms. The molecule has 7 nitrogen and oxygen atoms in total. The van der Waals surface area contributed by atoms with Gasteiger partial charge in [-0.1, -0.05) is 31.7 Å². The summed E-state index contributed by atoms with van der Waals surface area (Å²) in [5.41, 5.74) is 0.332. The van der Waals surface area contributed by atoms with Gasteiger partial charge in [-0.15, -0.1) is 0 Å². The van der Waals surface area contributed by atoms with E-state index in [0.717, 1.165) is 0 Å². The van der Waals surface area contributed by atoms with Gasteiger partial charge in [0.25, 0.3) is 5.91 Å². The number of hydrogen-bond acceptors (Lipinski definition) is 5. The van der Waals surface area contributed by atoms with Crippen LogP contribution in [-0.2, 0) is 14.8 Å². The van der Waals surface area contributed by atoms with Crippen molar-refractivity contribution >= 4 is 15.9 Å². The maximum Gasteiger partial charge on any atom is 0.251 e. The molecule has 0 aromatic heterocycles. The van der Waals surface area contributed by atoms with Crippen molar-refractivity contribution in [2.24, 2.45) is 0 Å². The molecule has 0 unspecified atom stereocenters. The Balaban J connectivity index is 1.82. The molecule has 1 saturated carbocycles. The molecule has 1 aromatic rings. The minimum Gasteiger partial charge on any atom is -0.383 e. The van der Waals surface area contributed by atoms with Gasteiger partial charge in [-0.25, -0.2) is 13.1 Å². The van der Waals surface area contributed by atoms with Crippen molar-refractivity contribution in [3.63, 3.8) is 0 Å². The highest BCUT2D eigenvalue weighted by Crippen LogP contribution is 2.17. The minimum atomic E-state index is -3.65. The Morgan fingerprint density at radius 3 is 2.56 bits per heavy atom. The van der Waals surface area contributed by atoms with Crippen molar-refractivity contribution < 1.29 is 17.9 Å². The van der Waals surface area contributed by atoms with E-state index in [1.807, 2.05) is 0 Å². The van der Waals surface area contributed by atoms with E-state index in [2.05, 4.69) is 15.4 Å². The molecular weight excluding hydrogens is 366 g/mol. The lowest BCUT2D eigenvalue weighted by Crippen LogP contribution is -2.37. The first-order valence-electron chi connectivity index (χ1n) is 9.63. The zero-order chi connectivity index (χ0) is 19.5. The first-order valence-corrected chi connectivity index (χ1v) is 11.1.